The Kier molecular flexibility index (Phi) is 1.65. The van der Waals surface area contributed by atoms with Crippen LogP contribution in [0.15, 0.2) is 23.2 Å². The van der Waals surface area contributed by atoms with Gasteiger partial charge in [-0.3, -0.25) is 4.79 Å². The Bertz CT molecular complexity index is 407. The van der Waals surface area contributed by atoms with Gasteiger partial charge >= 0.3 is 0 Å². The highest BCUT2D eigenvalue weighted by atomic mass is 16.1. The molecule has 0 spiro atoms. The smallest absolute Gasteiger partial charge is 0.277 e. The number of benzene rings is 1. The molecule has 0 aliphatic carbocycles. The van der Waals surface area contributed by atoms with E-state index in [1.807, 2.05) is 6.92 Å². The molecule has 1 aromatic rings. The van der Waals surface area contributed by atoms with Crippen LogP contribution in [0.5, 0.6) is 0 Å². The number of rotatable bonds is 1. The van der Waals surface area contributed by atoms with E-state index in [2.05, 4.69) is 4.99 Å². The molecule has 3 heteroatoms. The summed E-state index contributed by atoms with van der Waals surface area (Å²) < 4.78 is 0. The van der Waals surface area contributed by atoms with E-state index in [0.29, 0.717) is 11.3 Å². The summed E-state index contributed by atoms with van der Waals surface area (Å²) >= 11 is 0. The Labute approximate surface area is 76.3 Å². The van der Waals surface area contributed by atoms with Crippen molar-refractivity contribution in [2.75, 3.05) is 5.73 Å². The molecule has 0 saturated carbocycles. The van der Waals surface area contributed by atoms with Crippen LogP contribution in [0, 0.1) is 0 Å². The molecule has 1 aromatic carbocycles. The lowest BCUT2D eigenvalue weighted by molar-refractivity contribution is 0.101. The van der Waals surface area contributed by atoms with Crippen LogP contribution >= 0.6 is 0 Å². The molecule has 2 rings (SSSR count). The fourth-order valence-electron chi connectivity index (χ4n) is 1.56. The van der Waals surface area contributed by atoms with E-state index in [0.717, 1.165) is 17.7 Å². The summed E-state index contributed by atoms with van der Waals surface area (Å²) in [5.41, 5.74) is 8.68. The minimum Gasteiger partial charge on any atom is -0.398 e. The first-order valence-corrected chi connectivity index (χ1v) is 4.24. The average Bonchev–Trinajstić information content (AvgIpc) is 2.45. The van der Waals surface area contributed by atoms with Crippen LogP contribution < -0.4 is 5.73 Å². The molecule has 0 bridgehead atoms. The van der Waals surface area contributed by atoms with Crippen LogP contribution in [0.3, 0.4) is 0 Å². The Balaban J connectivity index is 2.68. The Morgan fingerprint density at radius 2 is 2.23 bits per heavy atom. The van der Waals surface area contributed by atoms with Crippen molar-refractivity contribution in [2.45, 2.75) is 13.3 Å². The number of nitrogens with two attached hydrogens (primary N) is 1. The molecule has 1 aliphatic heterocycles. The van der Waals surface area contributed by atoms with Gasteiger partial charge in [-0.1, -0.05) is 13.0 Å². The number of anilines is 1. The molecule has 0 aromatic heterocycles. The monoisotopic (exact) mass is 174 g/mol. The second-order valence-electron chi connectivity index (χ2n) is 2.99. The van der Waals surface area contributed by atoms with Gasteiger partial charge in [-0.15, -0.1) is 0 Å². The van der Waals surface area contributed by atoms with Crippen molar-refractivity contribution < 1.29 is 4.79 Å². The van der Waals surface area contributed by atoms with Gasteiger partial charge in [0, 0.05) is 11.3 Å². The second-order valence-corrected chi connectivity index (χ2v) is 2.99. The first kappa shape index (κ1) is 7.98. The van der Waals surface area contributed by atoms with E-state index >= 15 is 0 Å². The van der Waals surface area contributed by atoms with Gasteiger partial charge in [-0.25, -0.2) is 4.99 Å². The summed E-state index contributed by atoms with van der Waals surface area (Å²) in [5, 5.41) is 0. The quantitative estimate of drug-likeness (QED) is 0.658. The van der Waals surface area contributed by atoms with Crippen LogP contribution in [0.25, 0.3) is 0 Å². The lowest BCUT2D eigenvalue weighted by Gasteiger charge is -2.02. The minimum absolute atomic E-state index is 0.167. The highest BCUT2D eigenvalue weighted by molar-refractivity contribution is 6.23. The van der Waals surface area contributed by atoms with Crippen LogP contribution in [-0.4, -0.2) is 11.6 Å². The molecule has 0 unspecified atom stereocenters. The summed E-state index contributed by atoms with van der Waals surface area (Å²) in [7, 11) is 0. The zero-order valence-corrected chi connectivity index (χ0v) is 7.37. The zero-order chi connectivity index (χ0) is 9.42. The molecule has 66 valence electrons. The van der Waals surface area contributed by atoms with Crippen molar-refractivity contribution in [3.05, 3.63) is 29.3 Å². The summed E-state index contributed by atoms with van der Waals surface area (Å²) in [5.74, 6) is -0.167. The molecular weight excluding hydrogens is 164 g/mol. The summed E-state index contributed by atoms with van der Waals surface area (Å²) in [4.78, 5) is 15.3. The predicted molar refractivity (Wildman–Crippen MR) is 52.0 cm³/mol. The molecule has 3 nitrogen and oxygen atoms in total. The van der Waals surface area contributed by atoms with Crippen molar-refractivity contribution in [2.24, 2.45) is 4.99 Å². The number of nitrogen functional groups attached to an aromatic ring is 1. The maximum Gasteiger partial charge on any atom is 0.277 e. The molecule has 1 amide bonds. The predicted octanol–water partition coefficient (Wildman–Crippen LogP) is 1.62. The van der Waals surface area contributed by atoms with Gasteiger partial charge in [0.25, 0.3) is 5.91 Å². The molecule has 2 N–H and O–H groups in total. The topological polar surface area (TPSA) is 55.5 Å². The Morgan fingerprint density at radius 1 is 1.46 bits per heavy atom. The van der Waals surface area contributed by atoms with Gasteiger partial charge in [0.1, 0.15) is 0 Å². The lowest BCUT2D eigenvalue weighted by atomic mass is 10.0. The third-order valence-electron chi connectivity index (χ3n) is 2.19. The summed E-state index contributed by atoms with van der Waals surface area (Å²) in [6.45, 7) is 1.97. The maximum atomic E-state index is 11.3. The Hall–Kier alpha value is -1.64. The third kappa shape index (κ3) is 1.04. The van der Waals surface area contributed by atoms with Crippen molar-refractivity contribution in [3.63, 3.8) is 0 Å². The van der Waals surface area contributed by atoms with E-state index in [-0.39, 0.29) is 5.91 Å². The van der Waals surface area contributed by atoms with Gasteiger partial charge in [-0.2, -0.15) is 0 Å². The highest BCUT2D eigenvalue weighted by Gasteiger charge is 2.23. The fourth-order valence-corrected chi connectivity index (χ4v) is 1.56. The maximum absolute atomic E-state index is 11.3. The SMILES string of the molecule is CCC1=NC(=O)c2cccc(N)c21. The second kappa shape index (κ2) is 2.69. The van der Waals surface area contributed by atoms with Crippen LogP contribution in [0.1, 0.15) is 29.3 Å². The van der Waals surface area contributed by atoms with Crippen molar-refractivity contribution >= 4 is 17.3 Å². The van der Waals surface area contributed by atoms with Crippen LogP contribution in [0.2, 0.25) is 0 Å². The largest absolute Gasteiger partial charge is 0.398 e. The number of hydrogen-bond donors (Lipinski definition) is 1. The number of nitrogens with zero attached hydrogens (tertiary/aromatic N) is 1. The number of amides is 1. The highest BCUT2D eigenvalue weighted by Crippen LogP contribution is 2.25. The van der Waals surface area contributed by atoms with Crippen LogP contribution in [0.4, 0.5) is 5.69 Å². The van der Waals surface area contributed by atoms with Crippen molar-refractivity contribution in [1.29, 1.82) is 0 Å². The van der Waals surface area contributed by atoms with Gasteiger partial charge < -0.3 is 5.73 Å². The fraction of sp³-hybridized carbons (Fsp3) is 0.200. The number of fused-ring (bicyclic) bond motifs is 1. The van der Waals surface area contributed by atoms with E-state index in [1.54, 1.807) is 18.2 Å². The van der Waals surface area contributed by atoms with Gasteiger partial charge in [-0.05, 0) is 18.6 Å². The lowest BCUT2D eigenvalue weighted by Crippen LogP contribution is -2.02. The van der Waals surface area contributed by atoms with Gasteiger partial charge in [0.05, 0.1) is 11.3 Å². The first-order chi connectivity index (χ1) is 6.24. The molecule has 1 heterocycles. The van der Waals surface area contributed by atoms with Crippen LogP contribution in [-0.2, 0) is 0 Å². The van der Waals surface area contributed by atoms with Crippen molar-refractivity contribution in [1.82, 2.24) is 0 Å². The van der Waals surface area contributed by atoms with E-state index in [1.165, 1.54) is 0 Å². The number of carbonyl (C=O) groups excluding carboxylic acids is 1. The Morgan fingerprint density at radius 3 is 2.92 bits per heavy atom. The molecular formula is C10H10N2O. The normalized spacial score (nSPS) is 14.2. The van der Waals surface area contributed by atoms with E-state index in [9.17, 15) is 4.79 Å². The first-order valence-electron chi connectivity index (χ1n) is 4.24. The standard InChI is InChI=1S/C10H10N2O/c1-2-8-9-6(10(13)12-8)4-3-5-7(9)11/h3-5H,2,11H2,1H3. The molecule has 0 radical (unpaired) electrons. The number of carbonyl (C=O) groups is 1. The number of hydrogen-bond acceptors (Lipinski definition) is 2. The molecule has 13 heavy (non-hydrogen) atoms. The van der Waals surface area contributed by atoms with Crippen molar-refractivity contribution in [3.8, 4) is 0 Å². The van der Waals surface area contributed by atoms with Gasteiger partial charge in [0.2, 0.25) is 0 Å². The molecule has 0 saturated heterocycles. The minimum atomic E-state index is -0.167. The summed E-state index contributed by atoms with van der Waals surface area (Å²) in [6.07, 6.45) is 0.743. The molecule has 0 fully saturated rings. The molecule has 0 atom stereocenters. The van der Waals surface area contributed by atoms with E-state index < -0.39 is 0 Å². The average molecular weight is 174 g/mol. The number of aliphatic imine (C=N–C) groups is 1. The zero-order valence-electron chi connectivity index (χ0n) is 7.37. The third-order valence-corrected chi connectivity index (χ3v) is 2.19. The van der Waals surface area contributed by atoms with Gasteiger partial charge in [0.15, 0.2) is 0 Å². The van der Waals surface area contributed by atoms with E-state index in [4.69, 9.17) is 5.73 Å². The summed E-state index contributed by atoms with van der Waals surface area (Å²) in [6, 6.07) is 5.34. The molecule has 1 aliphatic rings.